The molecule has 0 N–H and O–H groups in total. The zero-order valence-corrected chi connectivity index (χ0v) is 21.2. The predicted octanol–water partition coefficient (Wildman–Crippen LogP) is 4.60. The van der Waals surface area contributed by atoms with E-state index in [0.717, 1.165) is 19.4 Å². The summed E-state index contributed by atoms with van der Waals surface area (Å²) in [5, 5.41) is 0. The average Bonchev–Trinajstić information content (AvgIpc) is 2.71. The van der Waals surface area contributed by atoms with Crippen LogP contribution in [0.5, 0.6) is 0 Å². The van der Waals surface area contributed by atoms with Gasteiger partial charge < -0.3 is 32.8 Å². The largest absolute Gasteiger partial charge is 0.418 e. The molecule has 30 heavy (non-hydrogen) atoms. The Labute approximate surface area is 186 Å². The summed E-state index contributed by atoms with van der Waals surface area (Å²) in [6, 6.07) is 1.27. The van der Waals surface area contributed by atoms with Crippen molar-refractivity contribution in [2.75, 3.05) is 67.4 Å². The maximum Gasteiger partial charge on any atom is 0.186 e. The van der Waals surface area contributed by atoms with Crippen LogP contribution in [0.1, 0.15) is 51.9 Å². The molecule has 0 amide bonds. The molecule has 0 aliphatic heterocycles. The lowest BCUT2D eigenvalue weighted by Gasteiger charge is -2.21. The molecule has 0 spiro atoms. The Morgan fingerprint density at radius 2 is 1.30 bits per heavy atom. The molecule has 182 valence electrons. The van der Waals surface area contributed by atoms with Gasteiger partial charge in [0.2, 0.25) is 0 Å². The molecule has 0 aromatic heterocycles. The third-order valence-electron chi connectivity index (χ3n) is 4.76. The SMILES string of the molecule is CCO[Si](C)(C)CCCCCCCCC(COCCOCCOCOC)OCOC. The minimum absolute atomic E-state index is 0.0768. The third-order valence-corrected chi connectivity index (χ3v) is 7.39. The lowest BCUT2D eigenvalue weighted by atomic mass is 10.1. The van der Waals surface area contributed by atoms with Gasteiger partial charge in [-0.1, -0.05) is 38.5 Å². The van der Waals surface area contributed by atoms with Gasteiger partial charge in [-0.2, -0.15) is 0 Å². The van der Waals surface area contributed by atoms with Gasteiger partial charge in [-0.3, -0.25) is 0 Å². The van der Waals surface area contributed by atoms with Crippen LogP contribution in [0, 0.1) is 0 Å². The molecular weight excluding hydrogens is 404 g/mol. The van der Waals surface area contributed by atoms with Crippen molar-refractivity contribution >= 4 is 8.32 Å². The number of unbranched alkanes of at least 4 members (excludes halogenated alkanes) is 5. The summed E-state index contributed by atoms with van der Waals surface area (Å²) in [4.78, 5) is 0. The van der Waals surface area contributed by atoms with Gasteiger partial charge in [0, 0.05) is 20.8 Å². The summed E-state index contributed by atoms with van der Waals surface area (Å²) in [5.74, 6) is 0. The molecule has 8 heteroatoms. The van der Waals surface area contributed by atoms with Crippen LogP contribution in [0.4, 0.5) is 0 Å². The van der Waals surface area contributed by atoms with Crippen LogP contribution in [-0.4, -0.2) is 81.9 Å². The van der Waals surface area contributed by atoms with Crippen LogP contribution in [0.2, 0.25) is 19.1 Å². The van der Waals surface area contributed by atoms with Gasteiger partial charge in [0.05, 0.1) is 39.1 Å². The van der Waals surface area contributed by atoms with Crippen molar-refractivity contribution in [1.82, 2.24) is 0 Å². The normalized spacial score (nSPS) is 13.1. The highest BCUT2D eigenvalue weighted by molar-refractivity contribution is 6.71. The molecule has 1 atom stereocenters. The molecule has 0 aromatic carbocycles. The second-order valence-corrected chi connectivity index (χ2v) is 12.4. The van der Waals surface area contributed by atoms with Crippen molar-refractivity contribution in [1.29, 1.82) is 0 Å². The highest BCUT2D eigenvalue weighted by Gasteiger charge is 2.20. The summed E-state index contributed by atoms with van der Waals surface area (Å²) in [6.07, 6.45) is 8.68. The molecule has 0 aliphatic rings. The van der Waals surface area contributed by atoms with E-state index in [9.17, 15) is 0 Å². The smallest absolute Gasteiger partial charge is 0.186 e. The van der Waals surface area contributed by atoms with Crippen LogP contribution in [0.15, 0.2) is 0 Å². The molecule has 7 nitrogen and oxygen atoms in total. The molecule has 0 heterocycles. The number of hydrogen-bond donors (Lipinski definition) is 0. The lowest BCUT2D eigenvalue weighted by Crippen LogP contribution is -2.29. The first-order chi connectivity index (χ1) is 14.6. The van der Waals surface area contributed by atoms with Crippen molar-refractivity contribution in [2.24, 2.45) is 0 Å². The summed E-state index contributed by atoms with van der Waals surface area (Å²) in [6.45, 7) is 10.9. The Kier molecular flexibility index (Phi) is 22.1. The Balaban J connectivity index is 3.65. The highest BCUT2D eigenvalue weighted by Crippen LogP contribution is 2.17. The molecular formula is C22H48O7Si. The maximum atomic E-state index is 5.89. The Morgan fingerprint density at radius 1 is 0.700 bits per heavy atom. The molecule has 0 rings (SSSR count). The van der Waals surface area contributed by atoms with Crippen molar-refractivity contribution in [2.45, 2.75) is 77.1 Å². The van der Waals surface area contributed by atoms with Gasteiger partial charge in [-0.05, 0) is 32.5 Å². The first kappa shape index (κ1) is 29.9. The van der Waals surface area contributed by atoms with Gasteiger partial charge in [-0.25, -0.2) is 0 Å². The molecule has 0 bridgehead atoms. The lowest BCUT2D eigenvalue weighted by molar-refractivity contribution is -0.104. The first-order valence-electron chi connectivity index (χ1n) is 11.5. The van der Waals surface area contributed by atoms with E-state index >= 15 is 0 Å². The maximum absolute atomic E-state index is 5.89. The van der Waals surface area contributed by atoms with Crippen molar-refractivity contribution in [3.8, 4) is 0 Å². The number of ether oxygens (including phenoxy) is 6. The van der Waals surface area contributed by atoms with Crippen molar-refractivity contribution in [3.05, 3.63) is 0 Å². The van der Waals surface area contributed by atoms with E-state index in [0.29, 0.717) is 46.6 Å². The summed E-state index contributed by atoms with van der Waals surface area (Å²) in [7, 11) is 1.85. The summed E-state index contributed by atoms with van der Waals surface area (Å²) in [5.41, 5.74) is 0. The quantitative estimate of drug-likeness (QED) is 0.120. The van der Waals surface area contributed by atoms with Crippen LogP contribution in [-0.2, 0) is 32.8 Å². The van der Waals surface area contributed by atoms with Gasteiger partial charge in [0.25, 0.3) is 0 Å². The number of methoxy groups -OCH3 is 2. The standard InChI is InChI=1S/C22H48O7Si/c1-6-29-30(4,5)18-12-10-8-7-9-11-13-22(28-21-24-3)19-26-16-14-25-15-17-27-20-23-2/h22H,6-21H2,1-5H3. The molecule has 0 saturated heterocycles. The second kappa shape index (κ2) is 22.1. The van der Waals surface area contributed by atoms with Crippen LogP contribution >= 0.6 is 0 Å². The molecule has 0 aliphatic carbocycles. The third kappa shape index (κ3) is 21.2. The molecule has 0 fully saturated rings. The van der Waals surface area contributed by atoms with Crippen LogP contribution in [0.25, 0.3) is 0 Å². The Morgan fingerprint density at radius 3 is 1.97 bits per heavy atom. The van der Waals surface area contributed by atoms with Gasteiger partial charge >= 0.3 is 0 Å². The van der Waals surface area contributed by atoms with Crippen molar-refractivity contribution < 1.29 is 32.8 Å². The summed E-state index contributed by atoms with van der Waals surface area (Å²) >= 11 is 0. The van der Waals surface area contributed by atoms with E-state index < -0.39 is 8.32 Å². The topological polar surface area (TPSA) is 64.6 Å². The first-order valence-corrected chi connectivity index (χ1v) is 14.6. The highest BCUT2D eigenvalue weighted by atomic mass is 28.4. The Bertz CT molecular complexity index is 345. The van der Waals surface area contributed by atoms with Gasteiger partial charge in [0.15, 0.2) is 8.32 Å². The van der Waals surface area contributed by atoms with Gasteiger partial charge in [0.1, 0.15) is 13.6 Å². The molecule has 0 saturated carbocycles. The fraction of sp³-hybridized carbons (Fsp3) is 1.00. The number of hydrogen-bond acceptors (Lipinski definition) is 7. The van der Waals surface area contributed by atoms with Crippen LogP contribution in [0.3, 0.4) is 0 Å². The van der Waals surface area contributed by atoms with Gasteiger partial charge in [-0.15, -0.1) is 0 Å². The predicted molar refractivity (Wildman–Crippen MR) is 122 cm³/mol. The van der Waals surface area contributed by atoms with Crippen molar-refractivity contribution in [3.63, 3.8) is 0 Å². The van der Waals surface area contributed by atoms with E-state index in [2.05, 4.69) is 20.0 Å². The fourth-order valence-corrected chi connectivity index (χ4v) is 5.19. The van der Waals surface area contributed by atoms with E-state index in [-0.39, 0.29) is 6.10 Å². The Hall–Kier alpha value is -0.0631. The van der Waals surface area contributed by atoms with E-state index in [4.69, 9.17) is 32.8 Å². The second-order valence-electron chi connectivity index (χ2n) is 8.05. The van der Waals surface area contributed by atoms with E-state index in [1.54, 1.807) is 14.2 Å². The average molecular weight is 453 g/mol. The minimum Gasteiger partial charge on any atom is -0.418 e. The monoisotopic (exact) mass is 452 g/mol. The van der Waals surface area contributed by atoms with Crippen LogP contribution < -0.4 is 0 Å². The fourth-order valence-electron chi connectivity index (χ4n) is 3.17. The van der Waals surface area contributed by atoms with E-state index in [1.165, 1.54) is 38.1 Å². The molecule has 1 unspecified atom stereocenters. The molecule has 0 radical (unpaired) electrons. The summed E-state index contributed by atoms with van der Waals surface area (Å²) < 4.78 is 37.8. The number of rotatable bonds is 24. The zero-order chi connectivity index (χ0) is 22.3. The zero-order valence-electron chi connectivity index (χ0n) is 20.2. The minimum atomic E-state index is -1.40. The molecule has 0 aromatic rings. The van der Waals surface area contributed by atoms with E-state index in [1.807, 2.05) is 0 Å².